The zero-order valence-corrected chi connectivity index (χ0v) is 13.9. The van der Waals surface area contributed by atoms with E-state index in [0.29, 0.717) is 26.2 Å². The molecule has 0 N–H and O–H groups in total. The van der Waals surface area contributed by atoms with Gasteiger partial charge in [-0.2, -0.15) is 13.2 Å². The van der Waals surface area contributed by atoms with Crippen LogP contribution < -0.4 is 4.90 Å². The molecule has 9 heteroatoms. The maximum absolute atomic E-state index is 13.4. The van der Waals surface area contributed by atoms with Crippen LogP contribution >= 0.6 is 0 Å². The minimum absolute atomic E-state index is 0.0520. The van der Waals surface area contributed by atoms with E-state index < -0.39 is 11.9 Å². The summed E-state index contributed by atoms with van der Waals surface area (Å²) in [5.41, 5.74) is 0.212. The molecular formula is C17H17F3N6. The van der Waals surface area contributed by atoms with Gasteiger partial charge in [0.2, 0.25) is 0 Å². The third kappa shape index (κ3) is 3.34. The van der Waals surface area contributed by atoms with E-state index in [9.17, 15) is 13.2 Å². The highest BCUT2D eigenvalue weighted by Crippen LogP contribution is 2.34. The van der Waals surface area contributed by atoms with Crippen molar-refractivity contribution in [3.05, 3.63) is 54.0 Å². The fraction of sp³-hybridized carbons (Fsp3) is 0.353. The van der Waals surface area contributed by atoms with Gasteiger partial charge in [0, 0.05) is 38.9 Å². The summed E-state index contributed by atoms with van der Waals surface area (Å²) in [6.45, 7) is 3.04. The molecule has 0 bridgehead atoms. The molecule has 0 saturated carbocycles. The second-order valence-corrected chi connectivity index (χ2v) is 6.20. The van der Waals surface area contributed by atoms with E-state index in [1.54, 1.807) is 4.90 Å². The largest absolute Gasteiger partial charge is 0.437 e. The Hall–Kier alpha value is -2.68. The molecule has 1 aliphatic rings. The maximum atomic E-state index is 13.4. The van der Waals surface area contributed by atoms with E-state index in [4.69, 9.17) is 0 Å². The van der Waals surface area contributed by atoms with Crippen LogP contribution in [0.1, 0.15) is 11.3 Å². The van der Waals surface area contributed by atoms with Crippen LogP contribution in [0.2, 0.25) is 0 Å². The first-order valence-electron chi connectivity index (χ1n) is 8.30. The maximum Gasteiger partial charge on any atom is 0.437 e. The van der Waals surface area contributed by atoms with Crippen molar-refractivity contribution in [1.29, 1.82) is 0 Å². The predicted octanol–water partition coefficient (Wildman–Crippen LogP) is 2.47. The van der Waals surface area contributed by atoms with E-state index in [-0.39, 0.29) is 11.6 Å². The SMILES string of the molecule is FC(F)(F)c1nc2nccn2nc1N1CCN(Cc2ccccc2)CC1. The molecule has 0 atom stereocenters. The molecule has 3 heterocycles. The Morgan fingerprint density at radius 1 is 1.00 bits per heavy atom. The van der Waals surface area contributed by atoms with Crippen molar-refractivity contribution in [1.82, 2.24) is 24.5 Å². The van der Waals surface area contributed by atoms with Crippen LogP contribution in [0.25, 0.3) is 5.78 Å². The predicted molar refractivity (Wildman–Crippen MR) is 89.7 cm³/mol. The van der Waals surface area contributed by atoms with Crippen molar-refractivity contribution < 1.29 is 13.2 Å². The Bertz CT molecular complexity index is 884. The second-order valence-electron chi connectivity index (χ2n) is 6.20. The van der Waals surface area contributed by atoms with Gasteiger partial charge in [0.05, 0.1) is 6.20 Å². The van der Waals surface area contributed by atoms with Crippen LogP contribution in [-0.2, 0) is 12.7 Å². The normalized spacial score (nSPS) is 16.3. The van der Waals surface area contributed by atoms with Crippen LogP contribution in [0.15, 0.2) is 42.7 Å². The topological polar surface area (TPSA) is 49.6 Å². The molecule has 6 nitrogen and oxygen atoms in total. The van der Waals surface area contributed by atoms with Crippen LogP contribution in [0.5, 0.6) is 0 Å². The number of piperazine rings is 1. The Labute approximate surface area is 147 Å². The van der Waals surface area contributed by atoms with Crippen molar-refractivity contribution in [3.63, 3.8) is 0 Å². The fourth-order valence-corrected chi connectivity index (χ4v) is 3.11. The fourth-order valence-electron chi connectivity index (χ4n) is 3.11. The molecule has 26 heavy (non-hydrogen) atoms. The van der Waals surface area contributed by atoms with Crippen molar-refractivity contribution in [2.24, 2.45) is 0 Å². The molecule has 2 aromatic heterocycles. The quantitative estimate of drug-likeness (QED) is 0.716. The minimum atomic E-state index is -4.57. The number of hydrogen-bond donors (Lipinski definition) is 0. The summed E-state index contributed by atoms with van der Waals surface area (Å²) in [4.78, 5) is 11.4. The molecule has 0 amide bonds. The number of rotatable bonds is 3. The van der Waals surface area contributed by atoms with E-state index in [1.807, 2.05) is 30.3 Å². The van der Waals surface area contributed by atoms with Crippen molar-refractivity contribution >= 4 is 11.6 Å². The molecule has 0 spiro atoms. The van der Waals surface area contributed by atoms with Crippen molar-refractivity contribution in [3.8, 4) is 0 Å². The lowest BCUT2D eigenvalue weighted by Gasteiger charge is -2.35. The Balaban J connectivity index is 1.53. The molecule has 0 unspecified atom stereocenters. The smallest absolute Gasteiger partial charge is 0.351 e. The van der Waals surface area contributed by atoms with Gasteiger partial charge >= 0.3 is 6.18 Å². The number of halogens is 3. The van der Waals surface area contributed by atoms with Gasteiger partial charge in [0.25, 0.3) is 5.78 Å². The number of imidazole rings is 1. The van der Waals surface area contributed by atoms with Gasteiger partial charge < -0.3 is 4.90 Å². The number of anilines is 1. The highest BCUT2D eigenvalue weighted by molar-refractivity contribution is 5.48. The lowest BCUT2D eigenvalue weighted by atomic mass is 10.2. The van der Waals surface area contributed by atoms with Crippen molar-refractivity contribution in [2.75, 3.05) is 31.1 Å². The third-order valence-corrected chi connectivity index (χ3v) is 4.42. The summed E-state index contributed by atoms with van der Waals surface area (Å²) in [5.74, 6) is -0.189. The average Bonchev–Trinajstić information content (AvgIpc) is 3.09. The standard InChI is InChI=1S/C17H17F3N6/c18-17(19,20)14-15(23-26-7-6-21-16(26)22-14)25-10-8-24(9-11-25)12-13-4-2-1-3-5-13/h1-7H,8-12H2. The summed E-state index contributed by atoms with van der Waals surface area (Å²) < 4.78 is 41.6. The number of benzene rings is 1. The summed E-state index contributed by atoms with van der Waals surface area (Å²) >= 11 is 0. The van der Waals surface area contributed by atoms with Gasteiger partial charge in [-0.1, -0.05) is 30.3 Å². The summed E-state index contributed by atoms with van der Waals surface area (Å²) in [5, 5.41) is 4.11. The van der Waals surface area contributed by atoms with E-state index in [2.05, 4.69) is 20.0 Å². The molecule has 1 saturated heterocycles. The second kappa shape index (κ2) is 6.56. The van der Waals surface area contributed by atoms with E-state index >= 15 is 0 Å². The lowest BCUT2D eigenvalue weighted by molar-refractivity contribution is -0.140. The molecular weight excluding hydrogens is 345 g/mol. The first-order chi connectivity index (χ1) is 12.5. The number of hydrogen-bond acceptors (Lipinski definition) is 5. The Morgan fingerprint density at radius 2 is 1.73 bits per heavy atom. The van der Waals surface area contributed by atoms with Crippen LogP contribution in [0.3, 0.4) is 0 Å². The zero-order valence-electron chi connectivity index (χ0n) is 13.9. The number of alkyl halides is 3. The molecule has 4 rings (SSSR count). The van der Waals surface area contributed by atoms with Crippen LogP contribution in [0, 0.1) is 0 Å². The average molecular weight is 362 g/mol. The van der Waals surface area contributed by atoms with Gasteiger partial charge in [-0.25, -0.2) is 14.5 Å². The zero-order chi connectivity index (χ0) is 18.1. The molecule has 1 fully saturated rings. The molecule has 0 radical (unpaired) electrons. The van der Waals surface area contributed by atoms with Gasteiger partial charge in [-0.05, 0) is 5.56 Å². The van der Waals surface area contributed by atoms with Gasteiger partial charge in [0.15, 0.2) is 11.5 Å². The highest BCUT2D eigenvalue weighted by atomic mass is 19.4. The van der Waals surface area contributed by atoms with Crippen LogP contribution in [-0.4, -0.2) is 50.7 Å². The molecule has 1 aliphatic heterocycles. The van der Waals surface area contributed by atoms with Gasteiger partial charge in [0.1, 0.15) is 0 Å². The molecule has 1 aromatic carbocycles. The first kappa shape index (κ1) is 16.8. The summed E-state index contributed by atoms with van der Waals surface area (Å²) in [6.07, 6.45) is -1.69. The monoisotopic (exact) mass is 362 g/mol. The Morgan fingerprint density at radius 3 is 2.42 bits per heavy atom. The lowest BCUT2D eigenvalue weighted by Crippen LogP contribution is -2.47. The summed E-state index contributed by atoms with van der Waals surface area (Å²) in [6, 6.07) is 10.0. The summed E-state index contributed by atoms with van der Waals surface area (Å²) in [7, 11) is 0. The van der Waals surface area contributed by atoms with E-state index in [1.165, 1.54) is 22.5 Å². The van der Waals surface area contributed by atoms with E-state index in [0.717, 1.165) is 6.54 Å². The Kier molecular flexibility index (Phi) is 4.23. The first-order valence-corrected chi connectivity index (χ1v) is 8.30. The van der Waals surface area contributed by atoms with Crippen molar-refractivity contribution in [2.45, 2.75) is 12.7 Å². The highest BCUT2D eigenvalue weighted by Gasteiger charge is 2.39. The molecule has 3 aromatic rings. The molecule has 0 aliphatic carbocycles. The number of nitrogens with zero attached hydrogens (tertiary/aromatic N) is 6. The number of fused-ring (bicyclic) bond motifs is 1. The number of aromatic nitrogens is 4. The van der Waals surface area contributed by atoms with Gasteiger partial charge in [-0.15, -0.1) is 5.10 Å². The molecule has 136 valence electrons. The third-order valence-electron chi connectivity index (χ3n) is 4.42. The van der Waals surface area contributed by atoms with Gasteiger partial charge in [-0.3, -0.25) is 4.90 Å². The minimum Gasteiger partial charge on any atom is -0.351 e. The van der Waals surface area contributed by atoms with Crippen LogP contribution in [0.4, 0.5) is 19.0 Å².